The molecule has 0 aromatic heterocycles. The molecule has 0 bridgehead atoms. The van der Waals surface area contributed by atoms with Crippen molar-refractivity contribution in [3.05, 3.63) is 38.4 Å². The largest absolute Gasteiger partial charge is 0.288 e. The average Bonchev–Trinajstić information content (AvgIpc) is 2.11. The minimum Gasteiger partial charge on any atom is -0.258 e. The van der Waals surface area contributed by atoms with Gasteiger partial charge in [0.1, 0.15) is 5.02 Å². The Morgan fingerprint density at radius 2 is 2.29 bits per heavy atom. The summed E-state index contributed by atoms with van der Waals surface area (Å²) in [5.74, 6) is 0. The van der Waals surface area contributed by atoms with Gasteiger partial charge < -0.3 is 0 Å². The minimum atomic E-state index is -0.545. The summed E-state index contributed by atoms with van der Waals surface area (Å²) in [6.45, 7) is 1.68. The third kappa shape index (κ3) is 2.01. The predicted molar refractivity (Wildman–Crippen MR) is 52.2 cm³/mol. The van der Waals surface area contributed by atoms with Crippen LogP contribution in [0.2, 0.25) is 5.02 Å². The molecule has 0 radical (unpaired) electrons. The molecule has 0 saturated carbocycles. The third-order valence-electron chi connectivity index (χ3n) is 1.77. The van der Waals surface area contributed by atoms with E-state index >= 15 is 0 Å². The highest BCUT2D eigenvalue weighted by Gasteiger charge is 2.15. The first-order valence-electron chi connectivity index (χ1n) is 3.86. The number of aryl methyl sites for hydroxylation is 1. The van der Waals surface area contributed by atoms with E-state index in [-0.39, 0.29) is 17.1 Å². The number of hydrogen-bond acceptors (Lipinski definition) is 3. The Bertz CT molecular complexity index is 424. The van der Waals surface area contributed by atoms with E-state index in [9.17, 15) is 10.1 Å². The van der Waals surface area contributed by atoms with Gasteiger partial charge in [-0.3, -0.25) is 10.1 Å². The molecule has 0 aliphatic rings. The van der Waals surface area contributed by atoms with Crippen LogP contribution in [0.3, 0.4) is 0 Å². The first-order valence-corrected chi connectivity index (χ1v) is 4.24. The van der Waals surface area contributed by atoms with Crippen molar-refractivity contribution < 1.29 is 4.92 Å². The Balaban J connectivity index is 3.29. The summed E-state index contributed by atoms with van der Waals surface area (Å²) < 4.78 is 0. The molecular weight excluding hydrogens is 204 g/mol. The second-order valence-electron chi connectivity index (χ2n) is 2.84. The third-order valence-corrected chi connectivity index (χ3v) is 2.27. The number of nitriles is 1. The highest BCUT2D eigenvalue weighted by atomic mass is 35.5. The molecule has 0 fully saturated rings. The minimum absolute atomic E-state index is 0.136. The van der Waals surface area contributed by atoms with Crippen LogP contribution < -0.4 is 0 Å². The van der Waals surface area contributed by atoms with Crippen molar-refractivity contribution in [3.63, 3.8) is 0 Å². The SMILES string of the molecule is Cc1cc(CC#N)cc([N+](=O)[O-])c1Cl. The predicted octanol–water partition coefficient (Wildman–Crippen LogP) is 2.62. The number of rotatable bonds is 2. The normalized spacial score (nSPS) is 9.50. The van der Waals surface area contributed by atoms with Crippen LogP contribution in [-0.4, -0.2) is 4.92 Å². The summed E-state index contributed by atoms with van der Waals surface area (Å²) in [4.78, 5) is 10.0. The van der Waals surface area contributed by atoms with E-state index in [1.165, 1.54) is 6.07 Å². The number of halogens is 1. The van der Waals surface area contributed by atoms with Gasteiger partial charge in [0.05, 0.1) is 17.4 Å². The molecule has 0 spiro atoms. The van der Waals surface area contributed by atoms with Crippen LogP contribution in [0.25, 0.3) is 0 Å². The van der Waals surface area contributed by atoms with Crippen molar-refractivity contribution in [3.8, 4) is 6.07 Å². The summed E-state index contributed by atoms with van der Waals surface area (Å²) in [7, 11) is 0. The molecule has 4 nitrogen and oxygen atoms in total. The molecule has 5 heteroatoms. The lowest BCUT2D eigenvalue weighted by Crippen LogP contribution is -1.94. The van der Waals surface area contributed by atoms with Gasteiger partial charge in [-0.25, -0.2) is 0 Å². The van der Waals surface area contributed by atoms with Gasteiger partial charge in [-0.2, -0.15) is 5.26 Å². The molecule has 14 heavy (non-hydrogen) atoms. The molecule has 0 aliphatic carbocycles. The lowest BCUT2D eigenvalue weighted by molar-refractivity contribution is -0.384. The van der Waals surface area contributed by atoms with Crippen molar-refractivity contribution in [1.82, 2.24) is 0 Å². The zero-order valence-electron chi connectivity index (χ0n) is 7.45. The molecule has 0 amide bonds. The summed E-state index contributed by atoms with van der Waals surface area (Å²) in [5, 5.41) is 19.2. The van der Waals surface area contributed by atoms with E-state index in [1.807, 2.05) is 6.07 Å². The lowest BCUT2D eigenvalue weighted by Gasteiger charge is -2.01. The second kappa shape index (κ2) is 4.07. The standard InChI is InChI=1S/C9H7ClN2O2/c1-6-4-7(2-3-11)5-8(9(6)10)12(13)14/h4-5H,2H2,1H3. The fraction of sp³-hybridized carbons (Fsp3) is 0.222. The fourth-order valence-electron chi connectivity index (χ4n) is 1.15. The highest BCUT2D eigenvalue weighted by molar-refractivity contribution is 6.33. The van der Waals surface area contributed by atoms with Crippen LogP contribution in [-0.2, 0) is 6.42 Å². The summed E-state index contributed by atoms with van der Waals surface area (Å²) >= 11 is 5.74. The van der Waals surface area contributed by atoms with Crippen LogP contribution in [0, 0.1) is 28.4 Å². The van der Waals surface area contributed by atoms with E-state index in [0.29, 0.717) is 11.1 Å². The molecule has 0 unspecified atom stereocenters. The van der Waals surface area contributed by atoms with Gasteiger partial charge in [0, 0.05) is 6.07 Å². The summed E-state index contributed by atoms with van der Waals surface area (Å²) in [6.07, 6.45) is 0.152. The average molecular weight is 211 g/mol. The molecule has 0 N–H and O–H groups in total. The summed E-state index contributed by atoms with van der Waals surface area (Å²) in [6, 6.07) is 4.94. The number of hydrogen-bond donors (Lipinski definition) is 0. The maximum atomic E-state index is 10.6. The Labute approximate surface area is 85.9 Å². The van der Waals surface area contributed by atoms with Gasteiger partial charge in [-0.05, 0) is 18.1 Å². The first kappa shape index (κ1) is 10.5. The van der Waals surface area contributed by atoms with Crippen LogP contribution >= 0.6 is 11.6 Å². The zero-order chi connectivity index (χ0) is 10.7. The van der Waals surface area contributed by atoms with Gasteiger partial charge in [0.15, 0.2) is 0 Å². The van der Waals surface area contributed by atoms with Crippen molar-refractivity contribution in [2.24, 2.45) is 0 Å². The maximum Gasteiger partial charge on any atom is 0.288 e. The molecule has 72 valence electrons. The van der Waals surface area contributed by atoms with E-state index in [4.69, 9.17) is 16.9 Å². The lowest BCUT2D eigenvalue weighted by atomic mass is 10.1. The van der Waals surface area contributed by atoms with Crippen molar-refractivity contribution in [2.75, 3.05) is 0 Å². The van der Waals surface area contributed by atoms with Crippen molar-refractivity contribution in [2.45, 2.75) is 13.3 Å². The highest BCUT2D eigenvalue weighted by Crippen LogP contribution is 2.29. The Morgan fingerprint density at radius 3 is 2.79 bits per heavy atom. The van der Waals surface area contributed by atoms with Gasteiger partial charge >= 0.3 is 0 Å². The molecule has 0 aliphatic heterocycles. The molecule has 1 rings (SSSR count). The van der Waals surface area contributed by atoms with E-state index < -0.39 is 4.92 Å². The maximum absolute atomic E-state index is 10.6. The summed E-state index contributed by atoms with van der Waals surface area (Å²) in [5.41, 5.74) is 1.09. The van der Waals surface area contributed by atoms with Crippen LogP contribution in [0.5, 0.6) is 0 Å². The number of benzene rings is 1. The molecule has 0 saturated heterocycles. The van der Waals surface area contributed by atoms with Crippen LogP contribution in [0.15, 0.2) is 12.1 Å². The zero-order valence-corrected chi connectivity index (χ0v) is 8.21. The smallest absolute Gasteiger partial charge is 0.258 e. The van der Waals surface area contributed by atoms with Crippen LogP contribution in [0.1, 0.15) is 11.1 Å². The monoisotopic (exact) mass is 210 g/mol. The Morgan fingerprint density at radius 1 is 1.64 bits per heavy atom. The number of nitro benzene ring substituents is 1. The van der Waals surface area contributed by atoms with Gasteiger partial charge in [-0.15, -0.1) is 0 Å². The molecule has 1 aromatic rings. The molecule has 0 heterocycles. The Kier molecular flexibility index (Phi) is 3.05. The second-order valence-corrected chi connectivity index (χ2v) is 3.22. The van der Waals surface area contributed by atoms with Gasteiger partial charge in [0.25, 0.3) is 5.69 Å². The Hall–Kier alpha value is -1.60. The van der Waals surface area contributed by atoms with Crippen molar-refractivity contribution in [1.29, 1.82) is 5.26 Å². The van der Waals surface area contributed by atoms with Crippen LogP contribution in [0.4, 0.5) is 5.69 Å². The van der Waals surface area contributed by atoms with Gasteiger partial charge in [-0.1, -0.05) is 17.7 Å². The molecular formula is C9H7ClN2O2. The number of nitrogens with zero attached hydrogens (tertiary/aromatic N) is 2. The van der Waals surface area contributed by atoms with E-state index in [0.717, 1.165) is 0 Å². The molecule has 0 atom stereocenters. The van der Waals surface area contributed by atoms with E-state index in [1.54, 1.807) is 13.0 Å². The van der Waals surface area contributed by atoms with Crippen molar-refractivity contribution >= 4 is 17.3 Å². The first-order chi connectivity index (χ1) is 6.56. The quantitative estimate of drug-likeness (QED) is 0.557. The number of nitro groups is 1. The topological polar surface area (TPSA) is 66.9 Å². The van der Waals surface area contributed by atoms with Gasteiger partial charge in [0.2, 0.25) is 0 Å². The fourth-order valence-corrected chi connectivity index (χ4v) is 1.33. The molecule has 1 aromatic carbocycles. The van der Waals surface area contributed by atoms with E-state index in [2.05, 4.69) is 0 Å².